The third-order valence-corrected chi connectivity index (χ3v) is 2.76. The Morgan fingerprint density at radius 2 is 2.00 bits per heavy atom. The molecule has 1 N–H and O–H groups in total. The fraction of sp³-hybridized carbons (Fsp3) is 0.667. The van der Waals surface area contributed by atoms with E-state index in [1.165, 1.54) is 0 Å². The molecule has 1 rings (SSSR count). The molecule has 0 aliphatic carbocycles. The molecule has 0 spiro atoms. The molecule has 1 aromatic heterocycles. The Morgan fingerprint density at radius 1 is 1.26 bits per heavy atom. The Kier molecular flexibility index (Phi) is 6.25. The summed E-state index contributed by atoms with van der Waals surface area (Å²) in [5.74, 6) is 0.784. The Hall–Kier alpha value is -1.13. The van der Waals surface area contributed by atoms with Gasteiger partial charge in [-0.05, 0) is 46.4 Å². The van der Waals surface area contributed by atoms with Crippen LogP contribution < -0.4 is 10.1 Å². The van der Waals surface area contributed by atoms with E-state index in [1.807, 2.05) is 40.0 Å². The van der Waals surface area contributed by atoms with Crippen LogP contribution in [0.25, 0.3) is 0 Å². The van der Waals surface area contributed by atoms with E-state index in [0.29, 0.717) is 19.3 Å². The van der Waals surface area contributed by atoms with E-state index in [1.54, 1.807) is 6.20 Å². The van der Waals surface area contributed by atoms with Gasteiger partial charge in [0.25, 0.3) is 0 Å². The minimum absolute atomic E-state index is 0.118. The van der Waals surface area contributed by atoms with E-state index in [9.17, 15) is 0 Å². The van der Waals surface area contributed by atoms with Gasteiger partial charge in [0.05, 0.1) is 24.1 Å². The summed E-state index contributed by atoms with van der Waals surface area (Å²) in [6.45, 7) is 9.36. The van der Waals surface area contributed by atoms with E-state index < -0.39 is 0 Å². The maximum atomic E-state index is 5.60. The fourth-order valence-corrected chi connectivity index (χ4v) is 1.75. The minimum atomic E-state index is -0.118. The Labute approximate surface area is 116 Å². The van der Waals surface area contributed by atoms with Crippen LogP contribution in [0.4, 0.5) is 0 Å². The van der Waals surface area contributed by atoms with Gasteiger partial charge in [0.1, 0.15) is 12.4 Å². The first-order valence-electron chi connectivity index (χ1n) is 6.86. The average Bonchev–Trinajstić information content (AvgIpc) is 2.37. The third-order valence-electron chi connectivity index (χ3n) is 2.76. The van der Waals surface area contributed by atoms with E-state index >= 15 is 0 Å². The van der Waals surface area contributed by atoms with Crippen LogP contribution in [0, 0.1) is 0 Å². The largest absolute Gasteiger partial charge is 0.490 e. The highest BCUT2D eigenvalue weighted by atomic mass is 16.5. The average molecular weight is 266 g/mol. The molecule has 0 aliphatic heterocycles. The molecule has 0 saturated heterocycles. The molecule has 108 valence electrons. The fourth-order valence-electron chi connectivity index (χ4n) is 1.75. The SMILES string of the molecule is CCC(NC)c1ccc(OCCOC(C)(C)C)cn1. The Bertz CT molecular complexity index is 353. The molecule has 0 radical (unpaired) electrons. The zero-order valence-corrected chi connectivity index (χ0v) is 12.7. The summed E-state index contributed by atoms with van der Waals surface area (Å²) < 4.78 is 11.2. The summed E-state index contributed by atoms with van der Waals surface area (Å²) in [5.41, 5.74) is 0.926. The zero-order valence-electron chi connectivity index (χ0n) is 12.7. The maximum Gasteiger partial charge on any atom is 0.137 e. The van der Waals surface area contributed by atoms with Crippen molar-refractivity contribution in [3.05, 3.63) is 24.0 Å². The standard InChI is InChI=1S/C15H26N2O2/c1-6-13(16-5)14-8-7-12(11-17-14)18-9-10-19-15(2,3)4/h7-8,11,13,16H,6,9-10H2,1-5H3. The van der Waals surface area contributed by atoms with E-state index in [-0.39, 0.29) is 5.60 Å². The number of nitrogens with one attached hydrogen (secondary N) is 1. The predicted octanol–water partition coefficient (Wildman–Crippen LogP) is 2.95. The zero-order chi connectivity index (χ0) is 14.3. The highest BCUT2D eigenvalue weighted by molar-refractivity contribution is 5.21. The lowest BCUT2D eigenvalue weighted by molar-refractivity contribution is -0.0163. The van der Waals surface area contributed by atoms with Gasteiger partial charge in [-0.15, -0.1) is 0 Å². The van der Waals surface area contributed by atoms with Crippen LogP contribution in [0.2, 0.25) is 0 Å². The molecule has 0 fully saturated rings. The van der Waals surface area contributed by atoms with Crippen molar-refractivity contribution < 1.29 is 9.47 Å². The summed E-state index contributed by atoms with van der Waals surface area (Å²) in [7, 11) is 1.95. The monoisotopic (exact) mass is 266 g/mol. The smallest absolute Gasteiger partial charge is 0.137 e. The van der Waals surface area contributed by atoms with Crippen LogP contribution in [-0.2, 0) is 4.74 Å². The minimum Gasteiger partial charge on any atom is -0.490 e. The van der Waals surface area contributed by atoms with Gasteiger partial charge in [-0.25, -0.2) is 0 Å². The molecule has 4 nitrogen and oxygen atoms in total. The van der Waals surface area contributed by atoms with Gasteiger partial charge in [-0.2, -0.15) is 0 Å². The second-order valence-electron chi connectivity index (χ2n) is 5.48. The number of rotatable bonds is 7. The van der Waals surface area contributed by atoms with Crippen molar-refractivity contribution in [2.75, 3.05) is 20.3 Å². The summed E-state index contributed by atoms with van der Waals surface area (Å²) in [6.07, 6.45) is 2.79. The summed E-state index contributed by atoms with van der Waals surface area (Å²) in [4.78, 5) is 4.42. The molecule has 4 heteroatoms. The predicted molar refractivity (Wildman–Crippen MR) is 77.5 cm³/mol. The first-order valence-corrected chi connectivity index (χ1v) is 6.86. The van der Waals surface area contributed by atoms with Crippen molar-refractivity contribution in [3.8, 4) is 5.75 Å². The van der Waals surface area contributed by atoms with Crippen LogP contribution >= 0.6 is 0 Å². The number of pyridine rings is 1. The second kappa shape index (κ2) is 7.46. The number of hydrogen-bond donors (Lipinski definition) is 1. The summed E-state index contributed by atoms with van der Waals surface area (Å²) in [6, 6.07) is 4.27. The third kappa shape index (κ3) is 6.03. The van der Waals surface area contributed by atoms with Gasteiger partial charge in [-0.1, -0.05) is 6.92 Å². The molecular formula is C15H26N2O2. The Balaban J connectivity index is 2.40. The molecule has 1 atom stereocenters. The van der Waals surface area contributed by atoms with Crippen LogP contribution in [0.15, 0.2) is 18.3 Å². The van der Waals surface area contributed by atoms with Gasteiger partial charge in [0.2, 0.25) is 0 Å². The van der Waals surface area contributed by atoms with Crippen LogP contribution in [0.3, 0.4) is 0 Å². The van der Waals surface area contributed by atoms with Crippen LogP contribution in [0.5, 0.6) is 5.75 Å². The second-order valence-corrected chi connectivity index (χ2v) is 5.48. The maximum absolute atomic E-state index is 5.60. The lowest BCUT2D eigenvalue weighted by atomic mass is 10.1. The molecule has 1 heterocycles. The van der Waals surface area contributed by atoms with E-state index in [4.69, 9.17) is 9.47 Å². The highest BCUT2D eigenvalue weighted by Gasteiger charge is 2.10. The van der Waals surface area contributed by atoms with E-state index in [0.717, 1.165) is 17.9 Å². The molecule has 0 amide bonds. The van der Waals surface area contributed by atoms with Crippen molar-refractivity contribution in [1.82, 2.24) is 10.3 Å². The van der Waals surface area contributed by atoms with Gasteiger partial charge in [0.15, 0.2) is 0 Å². The van der Waals surface area contributed by atoms with Crippen LogP contribution in [-0.4, -0.2) is 30.8 Å². The summed E-state index contributed by atoms with van der Waals surface area (Å²) >= 11 is 0. The molecule has 0 saturated carbocycles. The van der Waals surface area contributed by atoms with Crippen molar-refractivity contribution in [3.63, 3.8) is 0 Å². The van der Waals surface area contributed by atoms with Gasteiger partial charge in [-0.3, -0.25) is 4.98 Å². The molecule has 19 heavy (non-hydrogen) atoms. The number of hydrogen-bond acceptors (Lipinski definition) is 4. The molecular weight excluding hydrogens is 240 g/mol. The highest BCUT2D eigenvalue weighted by Crippen LogP contribution is 2.16. The molecule has 0 bridgehead atoms. The van der Waals surface area contributed by atoms with Crippen molar-refractivity contribution >= 4 is 0 Å². The number of nitrogens with zero attached hydrogens (tertiary/aromatic N) is 1. The Morgan fingerprint density at radius 3 is 2.47 bits per heavy atom. The number of aromatic nitrogens is 1. The topological polar surface area (TPSA) is 43.4 Å². The van der Waals surface area contributed by atoms with Gasteiger partial charge < -0.3 is 14.8 Å². The number of ether oxygens (including phenoxy) is 2. The molecule has 0 aromatic carbocycles. The summed E-state index contributed by atoms with van der Waals surface area (Å²) in [5, 5.41) is 3.23. The molecule has 1 unspecified atom stereocenters. The van der Waals surface area contributed by atoms with Crippen molar-refractivity contribution in [2.45, 2.75) is 45.8 Å². The quantitative estimate of drug-likeness (QED) is 0.771. The normalized spacial score (nSPS) is 13.3. The van der Waals surface area contributed by atoms with Gasteiger partial charge in [0, 0.05) is 6.04 Å². The first kappa shape index (κ1) is 15.9. The lowest BCUT2D eigenvalue weighted by Crippen LogP contribution is -2.22. The van der Waals surface area contributed by atoms with E-state index in [2.05, 4.69) is 17.2 Å². The molecule has 1 aromatic rings. The van der Waals surface area contributed by atoms with Crippen molar-refractivity contribution in [2.24, 2.45) is 0 Å². The van der Waals surface area contributed by atoms with Gasteiger partial charge >= 0.3 is 0 Å². The first-order chi connectivity index (χ1) is 8.96. The molecule has 0 aliphatic rings. The lowest BCUT2D eigenvalue weighted by Gasteiger charge is -2.19. The van der Waals surface area contributed by atoms with Crippen molar-refractivity contribution in [1.29, 1.82) is 0 Å². The van der Waals surface area contributed by atoms with Crippen LogP contribution in [0.1, 0.15) is 45.9 Å².